The quantitative estimate of drug-likeness (QED) is 0.903. The van der Waals surface area contributed by atoms with E-state index in [9.17, 15) is 4.79 Å². The Kier molecular flexibility index (Phi) is 4.60. The van der Waals surface area contributed by atoms with Crippen LogP contribution in [0.5, 0.6) is 0 Å². The van der Waals surface area contributed by atoms with Gasteiger partial charge >= 0.3 is 6.09 Å². The number of hydrogen-bond donors (Lipinski definition) is 1. The van der Waals surface area contributed by atoms with Crippen LogP contribution in [0.1, 0.15) is 69.1 Å². The van der Waals surface area contributed by atoms with E-state index in [2.05, 4.69) is 23.8 Å². The summed E-state index contributed by atoms with van der Waals surface area (Å²) in [4.78, 5) is 14.4. The zero-order chi connectivity index (χ0) is 17.5. The first-order valence-electron chi connectivity index (χ1n) is 9.04. The van der Waals surface area contributed by atoms with Crippen LogP contribution >= 0.6 is 0 Å². The Morgan fingerprint density at radius 1 is 1.29 bits per heavy atom. The van der Waals surface area contributed by atoms with Crippen LogP contribution in [0.3, 0.4) is 0 Å². The van der Waals surface area contributed by atoms with Gasteiger partial charge in [-0.1, -0.05) is 0 Å². The zero-order valence-electron chi connectivity index (χ0n) is 15.6. The van der Waals surface area contributed by atoms with Gasteiger partial charge in [-0.3, -0.25) is 4.90 Å². The van der Waals surface area contributed by atoms with Crippen molar-refractivity contribution in [1.82, 2.24) is 20.0 Å². The second kappa shape index (κ2) is 6.39. The topological polar surface area (TPSA) is 59.4 Å². The number of ether oxygens (including phenoxy) is 1. The van der Waals surface area contributed by atoms with Crippen molar-refractivity contribution in [2.75, 3.05) is 19.6 Å². The maximum atomic E-state index is 12.6. The minimum absolute atomic E-state index is 0.0262. The summed E-state index contributed by atoms with van der Waals surface area (Å²) in [5.74, 6) is 0.537. The van der Waals surface area contributed by atoms with Gasteiger partial charge in [0.1, 0.15) is 11.8 Å². The molecule has 134 valence electrons. The number of likely N-dealkylation sites (tertiary alicyclic amines) is 1. The highest BCUT2D eigenvalue weighted by Gasteiger charge is 2.36. The largest absolute Gasteiger partial charge is 0.444 e. The van der Waals surface area contributed by atoms with Gasteiger partial charge in [-0.25, -0.2) is 9.48 Å². The SMILES string of the molecule is Cc1nn(C2CCCN2C(=O)OC(C)(C)C)c(C)c1C1CCNC1. The summed E-state index contributed by atoms with van der Waals surface area (Å²) in [7, 11) is 0. The van der Waals surface area contributed by atoms with E-state index >= 15 is 0 Å². The minimum Gasteiger partial charge on any atom is -0.444 e. The van der Waals surface area contributed by atoms with Crippen molar-refractivity contribution in [3.63, 3.8) is 0 Å². The number of aryl methyl sites for hydroxylation is 1. The Bertz CT molecular complexity index is 611. The Morgan fingerprint density at radius 2 is 2.04 bits per heavy atom. The fraction of sp³-hybridized carbons (Fsp3) is 0.778. The molecular weight excluding hydrogens is 304 g/mol. The highest BCUT2D eigenvalue weighted by atomic mass is 16.6. The number of carbonyl (C=O) groups excluding carboxylic acids is 1. The molecule has 0 bridgehead atoms. The molecule has 0 aliphatic carbocycles. The Balaban J connectivity index is 1.85. The smallest absolute Gasteiger partial charge is 0.411 e. The Morgan fingerprint density at radius 3 is 2.67 bits per heavy atom. The van der Waals surface area contributed by atoms with E-state index in [1.54, 1.807) is 0 Å². The molecule has 1 aromatic heterocycles. The number of amides is 1. The van der Waals surface area contributed by atoms with E-state index < -0.39 is 5.60 Å². The second-order valence-corrected chi connectivity index (χ2v) is 8.02. The predicted molar refractivity (Wildman–Crippen MR) is 93.1 cm³/mol. The van der Waals surface area contributed by atoms with Crippen LogP contribution in [0.4, 0.5) is 4.79 Å². The monoisotopic (exact) mass is 334 g/mol. The number of nitrogens with zero attached hydrogens (tertiary/aromatic N) is 3. The molecule has 0 saturated carbocycles. The molecule has 0 spiro atoms. The van der Waals surface area contributed by atoms with Gasteiger partial charge in [-0.05, 0) is 60.4 Å². The average Bonchev–Trinajstić information content (AvgIpc) is 3.17. The highest BCUT2D eigenvalue weighted by Crippen LogP contribution is 2.34. The molecule has 2 fully saturated rings. The molecule has 0 radical (unpaired) electrons. The van der Waals surface area contributed by atoms with E-state index in [1.807, 2.05) is 25.7 Å². The standard InChI is InChI=1S/C18H30N4O2/c1-12-16(14-8-9-19-11-14)13(2)22(20-12)15-7-6-10-21(15)17(23)24-18(3,4)5/h14-15,19H,6-11H2,1-5H3. The summed E-state index contributed by atoms with van der Waals surface area (Å²) in [6.45, 7) is 12.8. The molecule has 1 amide bonds. The number of carbonyl (C=O) groups is 1. The van der Waals surface area contributed by atoms with E-state index in [-0.39, 0.29) is 12.3 Å². The lowest BCUT2D eigenvalue weighted by Crippen LogP contribution is -2.38. The molecule has 24 heavy (non-hydrogen) atoms. The maximum Gasteiger partial charge on any atom is 0.411 e. The lowest BCUT2D eigenvalue weighted by Gasteiger charge is -2.29. The van der Waals surface area contributed by atoms with E-state index in [1.165, 1.54) is 11.3 Å². The van der Waals surface area contributed by atoms with E-state index in [0.29, 0.717) is 5.92 Å². The first-order chi connectivity index (χ1) is 11.3. The fourth-order valence-electron chi connectivity index (χ4n) is 3.99. The van der Waals surface area contributed by atoms with Gasteiger partial charge in [0, 0.05) is 30.3 Å². The van der Waals surface area contributed by atoms with Crippen LogP contribution in [0.25, 0.3) is 0 Å². The lowest BCUT2D eigenvalue weighted by atomic mass is 9.96. The van der Waals surface area contributed by atoms with Crippen LogP contribution in [-0.2, 0) is 4.74 Å². The number of nitrogens with one attached hydrogen (secondary N) is 1. The maximum absolute atomic E-state index is 12.6. The molecule has 1 N–H and O–H groups in total. The Labute approximate surface area is 144 Å². The van der Waals surface area contributed by atoms with Crippen molar-refractivity contribution in [2.45, 2.75) is 71.6 Å². The molecule has 2 aliphatic rings. The van der Waals surface area contributed by atoms with Crippen LogP contribution in [0.2, 0.25) is 0 Å². The summed E-state index contributed by atoms with van der Waals surface area (Å²) < 4.78 is 7.64. The van der Waals surface area contributed by atoms with Gasteiger partial charge in [0.05, 0.1) is 5.69 Å². The minimum atomic E-state index is -0.472. The number of aromatic nitrogens is 2. The van der Waals surface area contributed by atoms with Crippen LogP contribution in [0.15, 0.2) is 0 Å². The zero-order valence-corrected chi connectivity index (χ0v) is 15.6. The predicted octanol–water partition coefficient (Wildman–Crippen LogP) is 3.11. The average molecular weight is 334 g/mol. The first-order valence-corrected chi connectivity index (χ1v) is 9.04. The fourth-order valence-corrected chi connectivity index (χ4v) is 3.99. The molecule has 1 aromatic rings. The van der Waals surface area contributed by atoms with Crippen molar-refractivity contribution in [1.29, 1.82) is 0 Å². The molecule has 3 rings (SSSR count). The van der Waals surface area contributed by atoms with Gasteiger partial charge in [-0.15, -0.1) is 0 Å². The third-order valence-corrected chi connectivity index (χ3v) is 4.98. The number of hydrogen-bond acceptors (Lipinski definition) is 4. The van der Waals surface area contributed by atoms with Gasteiger partial charge in [0.2, 0.25) is 0 Å². The summed E-state index contributed by atoms with van der Waals surface area (Å²) in [6.07, 6.45) is 2.82. The van der Waals surface area contributed by atoms with Crippen LogP contribution in [0, 0.1) is 13.8 Å². The summed E-state index contributed by atoms with van der Waals surface area (Å²) >= 11 is 0. The molecule has 0 aromatic carbocycles. The van der Waals surface area contributed by atoms with Crippen molar-refractivity contribution in [3.8, 4) is 0 Å². The summed E-state index contributed by atoms with van der Waals surface area (Å²) in [5, 5.41) is 8.24. The normalized spacial score (nSPS) is 24.6. The molecule has 3 heterocycles. The van der Waals surface area contributed by atoms with Gasteiger partial charge < -0.3 is 10.1 Å². The number of rotatable bonds is 2. The second-order valence-electron chi connectivity index (χ2n) is 8.02. The third-order valence-electron chi connectivity index (χ3n) is 4.98. The van der Waals surface area contributed by atoms with Gasteiger partial charge in [0.25, 0.3) is 0 Å². The summed E-state index contributed by atoms with van der Waals surface area (Å²) in [5.41, 5.74) is 3.18. The van der Waals surface area contributed by atoms with E-state index in [4.69, 9.17) is 9.84 Å². The van der Waals surface area contributed by atoms with Gasteiger partial charge in [0.15, 0.2) is 0 Å². The van der Waals surface area contributed by atoms with Crippen molar-refractivity contribution >= 4 is 6.09 Å². The van der Waals surface area contributed by atoms with Crippen molar-refractivity contribution in [3.05, 3.63) is 17.0 Å². The van der Waals surface area contributed by atoms with Crippen molar-refractivity contribution in [2.24, 2.45) is 0 Å². The van der Waals surface area contributed by atoms with Gasteiger partial charge in [-0.2, -0.15) is 5.10 Å². The molecule has 6 heteroatoms. The third kappa shape index (κ3) is 3.29. The molecular formula is C18H30N4O2. The van der Waals surface area contributed by atoms with Crippen LogP contribution in [-0.4, -0.2) is 46.0 Å². The lowest BCUT2D eigenvalue weighted by molar-refractivity contribution is 0.0147. The van der Waals surface area contributed by atoms with E-state index in [0.717, 1.165) is 44.6 Å². The summed E-state index contributed by atoms with van der Waals surface area (Å²) in [6, 6.07) is 0. The first kappa shape index (κ1) is 17.3. The molecule has 2 atom stereocenters. The molecule has 2 saturated heterocycles. The van der Waals surface area contributed by atoms with Crippen molar-refractivity contribution < 1.29 is 9.53 Å². The Hall–Kier alpha value is -1.56. The molecule has 6 nitrogen and oxygen atoms in total. The highest BCUT2D eigenvalue weighted by molar-refractivity contribution is 5.68. The molecule has 2 aliphatic heterocycles. The van der Waals surface area contributed by atoms with Crippen LogP contribution < -0.4 is 5.32 Å². The molecule has 2 unspecified atom stereocenters.